The average molecular weight is 509 g/mol. The van der Waals surface area contributed by atoms with E-state index in [2.05, 4.69) is 22.9 Å². The molecular formula is C31H29FN4O2. The summed E-state index contributed by atoms with van der Waals surface area (Å²) in [7, 11) is 0. The van der Waals surface area contributed by atoms with Gasteiger partial charge in [0.1, 0.15) is 5.82 Å². The molecular weight excluding hydrogens is 479 g/mol. The predicted molar refractivity (Wildman–Crippen MR) is 146 cm³/mol. The Balaban J connectivity index is 1.34. The molecule has 0 bridgehead atoms. The van der Waals surface area contributed by atoms with E-state index in [-0.39, 0.29) is 24.2 Å². The fourth-order valence-electron chi connectivity index (χ4n) is 4.70. The van der Waals surface area contributed by atoms with Gasteiger partial charge in [0.2, 0.25) is 0 Å². The van der Waals surface area contributed by atoms with Crippen molar-refractivity contribution in [3.05, 3.63) is 93.8 Å². The van der Waals surface area contributed by atoms with Crippen molar-refractivity contribution in [3.63, 3.8) is 0 Å². The number of amides is 1. The third kappa shape index (κ3) is 5.36. The second-order valence-electron chi connectivity index (χ2n) is 9.59. The van der Waals surface area contributed by atoms with Gasteiger partial charge in [0.05, 0.1) is 36.2 Å². The van der Waals surface area contributed by atoms with Gasteiger partial charge in [0.15, 0.2) is 0 Å². The second kappa shape index (κ2) is 11.0. The number of carbonyl (C=O) groups is 1. The van der Waals surface area contributed by atoms with Gasteiger partial charge >= 0.3 is 0 Å². The molecule has 0 radical (unpaired) electrons. The van der Waals surface area contributed by atoms with Crippen LogP contribution in [0.2, 0.25) is 0 Å². The summed E-state index contributed by atoms with van der Waals surface area (Å²) in [6.45, 7) is 8.91. The topological polar surface area (TPSA) is 78.3 Å². The lowest BCUT2D eigenvalue weighted by molar-refractivity contribution is 0.0952. The van der Waals surface area contributed by atoms with Gasteiger partial charge in [-0.25, -0.2) is 9.37 Å². The van der Waals surface area contributed by atoms with Crippen LogP contribution in [-0.2, 0) is 11.3 Å². The van der Waals surface area contributed by atoms with Crippen molar-refractivity contribution in [3.8, 4) is 17.3 Å². The molecule has 0 spiro atoms. The van der Waals surface area contributed by atoms with E-state index in [1.807, 2.05) is 43.3 Å². The molecule has 6 nitrogen and oxygen atoms in total. The molecule has 2 aliphatic rings. The Morgan fingerprint density at radius 3 is 2.84 bits per heavy atom. The number of halogens is 1. The van der Waals surface area contributed by atoms with Gasteiger partial charge in [0, 0.05) is 36.4 Å². The summed E-state index contributed by atoms with van der Waals surface area (Å²) in [5, 5.41) is 13.9. The normalized spacial score (nSPS) is 17.4. The number of fused-ring (bicyclic) bond motifs is 1. The maximum absolute atomic E-state index is 14.4. The predicted octanol–water partition coefficient (Wildman–Crippen LogP) is 3.80. The molecule has 192 valence electrons. The number of nitriles is 1. The first-order valence-corrected chi connectivity index (χ1v) is 12.7. The van der Waals surface area contributed by atoms with Crippen molar-refractivity contribution in [2.75, 3.05) is 31.1 Å². The highest BCUT2D eigenvalue weighted by molar-refractivity contribution is 5.94. The molecule has 2 aliphatic heterocycles. The Bertz CT molecular complexity index is 1570. The Morgan fingerprint density at radius 2 is 2.11 bits per heavy atom. The molecule has 1 atom stereocenters. The highest BCUT2D eigenvalue weighted by Crippen LogP contribution is 2.28. The minimum atomic E-state index is -0.378. The lowest BCUT2D eigenvalue weighted by Gasteiger charge is -2.33. The molecule has 1 fully saturated rings. The maximum Gasteiger partial charge on any atom is 0.251 e. The zero-order valence-electron chi connectivity index (χ0n) is 21.3. The van der Waals surface area contributed by atoms with Crippen LogP contribution in [-0.4, -0.2) is 37.1 Å². The summed E-state index contributed by atoms with van der Waals surface area (Å²) >= 11 is 0. The number of hydrogen-bond donors (Lipinski definition) is 1. The van der Waals surface area contributed by atoms with Crippen LogP contribution in [0, 0.1) is 17.1 Å². The number of anilines is 1. The van der Waals surface area contributed by atoms with Gasteiger partial charge < -0.3 is 15.0 Å². The van der Waals surface area contributed by atoms with E-state index in [1.54, 1.807) is 18.2 Å². The zero-order valence-corrected chi connectivity index (χ0v) is 21.3. The Hall–Kier alpha value is -4.28. The molecule has 7 heteroatoms. The fourth-order valence-corrected chi connectivity index (χ4v) is 4.70. The van der Waals surface area contributed by atoms with E-state index < -0.39 is 0 Å². The van der Waals surface area contributed by atoms with E-state index in [0.717, 1.165) is 47.1 Å². The third-order valence-electron chi connectivity index (χ3n) is 6.97. The molecule has 1 N–H and O–H groups in total. The van der Waals surface area contributed by atoms with Crippen molar-refractivity contribution in [2.24, 2.45) is 0 Å². The highest BCUT2D eigenvalue weighted by Gasteiger charge is 2.22. The summed E-state index contributed by atoms with van der Waals surface area (Å²) < 4.78 is 19.8. The summed E-state index contributed by atoms with van der Waals surface area (Å²) in [5.74, 6) is -0.907. The minimum absolute atomic E-state index is 0.231. The van der Waals surface area contributed by atoms with E-state index in [0.29, 0.717) is 35.4 Å². The summed E-state index contributed by atoms with van der Waals surface area (Å²) in [5.41, 5.74) is 5.20. The molecule has 38 heavy (non-hydrogen) atoms. The number of hydrogen-bond acceptors (Lipinski definition) is 5. The van der Waals surface area contributed by atoms with Gasteiger partial charge in [0.25, 0.3) is 5.91 Å². The molecule has 1 saturated heterocycles. The largest absolute Gasteiger partial charge is 0.375 e. The molecule has 1 aromatic heterocycles. The van der Waals surface area contributed by atoms with Gasteiger partial charge in [-0.2, -0.15) is 5.26 Å². The van der Waals surface area contributed by atoms with Crippen LogP contribution in [0.15, 0.2) is 60.7 Å². The zero-order chi connectivity index (χ0) is 26.6. The molecule has 3 aromatic rings. The van der Waals surface area contributed by atoms with E-state index >= 15 is 0 Å². The van der Waals surface area contributed by atoms with Crippen molar-refractivity contribution in [1.82, 2.24) is 10.3 Å². The second-order valence-corrected chi connectivity index (χ2v) is 9.59. The monoisotopic (exact) mass is 508 g/mol. The molecule has 3 heterocycles. The van der Waals surface area contributed by atoms with E-state index in [9.17, 15) is 14.4 Å². The summed E-state index contributed by atoms with van der Waals surface area (Å²) in [6.07, 6.45) is 4.91. The van der Waals surface area contributed by atoms with Crippen molar-refractivity contribution >= 4 is 23.7 Å². The lowest BCUT2D eigenvalue weighted by Crippen LogP contribution is -2.37. The lowest BCUT2D eigenvalue weighted by atomic mass is 9.92. The van der Waals surface area contributed by atoms with Crippen LogP contribution in [0.1, 0.15) is 40.7 Å². The first-order valence-electron chi connectivity index (χ1n) is 12.7. The quantitative estimate of drug-likeness (QED) is 0.548. The van der Waals surface area contributed by atoms with Gasteiger partial charge in [-0.05, 0) is 77.7 Å². The van der Waals surface area contributed by atoms with Crippen LogP contribution in [0.3, 0.4) is 0 Å². The number of rotatable bonds is 6. The smallest absolute Gasteiger partial charge is 0.251 e. The molecule has 5 rings (SSSR count). The Labute approximate surface area is 221 Å². The molecule has 2 aromatic carbocycles. The van der Waals surface area contributed by atoms with Crippen LogP contribution < -0.4 is 20.8 Å². The highest BCUT2D eigenvalue weighted by atomic mass is 19.1. The average Bonchev–Trinajstić information content (AvgIpc) is 2.89. The van der Waals surface area contributed by atoms with Crippen LogP contribution in [0.5, 0.6) is 0 Å². The van der Waals surface area contributed by atoms with Crippen molar-refractivity contribution < 1.29 is 13.9 Å². The standard InChI is InChI=1S/C31H29FN4O2/c1-3-21-7-8-29(24-12-26(32)15-27(13-24)36-9-4-10-36)35-30(21)11-20(2)17-34-31(37)22-5-6-23-18-38-19-25(16-33)28(23)14-22/h3,5-8,11-15,25H,2,4,9-10,17-19H2,1H3,(H,34,37)/b21-3-,30-11+. The molecule has 0 aliphatic carbocycles. The number of nitrogens with zero attached hydrogens (tertiary/aromatic N) is 3. The molecule has 0 saturated carbocycles. The van der Waals surface area contributed by atoms with Gasteiger partial charge in [-0.3, -0.25) is 4.79 Å². The van der Waals surface area contributed by atoms with Gasteiger partial charge in [-0.1, -0.05) is 24.8 Å². The Morgan fingerprint density at radius 1 is 1.26 bits per heavy atom. The fraction of sp³-hybridized carbons (Fsp3) is 0.258. The summed E-state index contributed by atoms with van der Waals surface area (Å²) in [4.78, 5) is 19.8. The molecule has 1 amide bonds. The maximum atomic E-state index is 14.4. The number of aromatic nitrogens is 1. The number of pyridine rings is 1. The summed E-state index contributed by atoms with van der Waals surface area (Å²) in [6, 6.07) is 16.5. The van der Waals surface area contributed by atoms with Crippen molar-refractivity contribution in [1.29, 1.82) is 5.26 Å². The van der Waals surface area contributed by atoms with Crippen LogP contribution >= 0.6 is 0 Å². The first-order chi connectivity index (χ1) is 18.4. The van der Waals surface area contributed by atoms with Gasteiger partial charge in [-0.15, -0.1) is 0 Å². The number of benzene rings is 2. The first kappa shape index (κ1) is 25.4. The van der Waals surface area contributed by atoms with E-state index in [4.69, 9.17) is 9.72 Å². The third-order valence-corrected chi connectivity index (χ3v) is 6.97. The number of ether oxygens (including phenoxy) is 1. The number of carbonyl (C=O) groups excluding carboxylic acids is 1. The number of nitrogens with one attached hydrogen (secondary N) is 1. The Kier molecular flexibility index (Phi) is 7.34. The van der Waals surface area contributed by atoms with Crippen LogP contribution in [0.4, 0.5) is 10.1 Å². The molecule has 1 unspecified atom stereocenters. The van der Waals surface area contributed by atoms with Crippen molar-refractivity contribution in [2.45, 2.75) is 25.9 Å². The minimum Gasteiger partial charge on any atom is -0.375 e. The SMILES string of the molecule is C=C(/C=c1/nc(-c2cc(F)cc(N3CCC3)c2)cc/c1=C/C)CNC(=O)c1ccc2c(c1)C(C#N)COC2. The van der Waals surface area contributed by atoms with E-state index in [1.165, 1.54) is 6.07 Å². The van der Waals surface area contributed by atoms with Crippen LogP contribution in [0.25, 0.3) is 23.4 Å².